The van der Waals surface area contributed by atoms with Gasteiger partial charge in [0.1, 0.15) is 18.1 Å². The molecule has 1 atom stereocenters. The molecule has 3 rings (SSSR count). The number of hydrogen-bond donors (Lipinski definition) is 1. The van der Waals surface area contributed by atoms with Crippen LogP contribution in [0.1, 0.15) is 34.3 Å². The first kappa shape index (κ1) is 18.9. The number of ether oxygens (including phenoxy) is 2. The van der Waals surface area contributed by atoms with Crippen molar-refractivity contribution in [3.05, 3.63) is 59.0 Å². The number of amides is 1. The number of fused-ring (bicyclic) bond motifs is 1. The Bertz CT molecular complexity index is 929. The zero-order chi connectivity index (χ0) is 19.4. The number of methoxy groups -OCH3 is 1. The van der Waals surface area contributed by atoms with Gasteiger partial charge < -0.3 is 19.3 Å². The van der Waals surface area contributed by atoms with Crippen LogP contribution in [-0.4, -0.2) is 30.8 Å². The van der Waals surface area contributed by atoms with Gasteiger partial charge in [-0.15, -0.1) is 0 Å². The van der Waals surface area contributed by atoms with Crippen molar-refractivity contribution in [2.24, 2.45) is 0 Å². The maximum Gasteiger partial charge on any atom is 0.255 e. The molecule has 1 amide bonds. The van der Waals surface area contributed by atoms with Gasteiger partial charge in [0.2, 0.25) is 0 Å². The minimum Gasteiger partial charge on any atom is -0.488 e. The highest BCUT2D eigenvalue weighted by molar-refractivity contribution is 6.01. The number of nitrogens with one attached hydrogen (secondary N) is 1. The number of nitrogens with zero attached hydrogens (tertiary/aromatic N) is 1. The molecule has 0 spiro atoms. The molecule has 0 saturated carbocycles. The molecule has 0 radical (unpaired) electrons. The van der Waals surface area contributed by atoms with Gasteiger partial charge in [-0.3, -0.25) is 4.79 Å². The highest BCUT2D eigenvalue weighted by atomic mass is 16.5. The van der Waals surface area contributed by atoms with Crippen LogP contribution >= 0.6 is 0 Å². The third-order valence-electron chi connectivity index (χ3n) is 4.44. The highest BCUT2D eigenvalue weighted by Gasteiger charge is 2.18. The van der Waals surface area contributed by atoms with Gasteiger partial charge in [-0.25, -0.2) is 0 Å². The quantitative estimate of drug-likeness (QED) is 0.687. The first-order valence-corrected chi connectivity index (χ1v) is 8.86. The molecule has 0 aliphatic rings. The summed E-state index contributed by atoms with van der Waals surface area (Å²) < 4.78 is 16.3. The summed E-state index contributed by atoms with van der Waals surface area (Å²) in [6, 6.07) is 11.5. The number of hydrogen-bond acceptors (Lipinski definition) is 5. The number of aromatic nitrogens is 1. The van der Waals surface area contributed by atoms with Gasteiger partial charge >= 0.3 is 0 Å². The first-order chi connectivity index (χ1) is 13.0. The third kappa shape index (κ3) is 4.28. The van der Waals surface area contributed by atoms with Gasteiger partial charge in [0.05, 0.1) is 23.4 Å². The van der Waals surface area contributed by atoms with Crippen LogP contribution in [0.25, 0.3) is 10.8 Å². The van der Waals surface area contributed by atoms with Crippen molar-refractivity contribution in [2.75, 3.05) is 13.7 Å². The first-order valence-electron chi connectivity index (χ1n) is 8.86. The predicted octanol–water partition coefficient (Wildman–Crippen LogP) is 3.79. The van der Waals surface area contributed by atoms with Crippen LogP contribution in [-0.2, 0) is 11.3 Å². The zero-order valence-electron chi connectivity index (χ0n) is 16.0. The summed E-state index contributed by atoms with van der Waals surface area (Å²) in [7, 11) is 1.61. The molecule has 142 valence electrons. The number of benzene rings is 2. The Kier molecular flexibility index (Phi) is 5.76. The van der Waals surface area contributed by atoms with Crippen LogP contribution in [0.3, 0.4) is 0 Å². The van der Waals surface area contributed by atoms with E-state index in [1.165, 1.54) is 0 Å². The fourth-order valence-corrected chi connectivity index (χ4v) is 2.97. The van der Waals surface area contributed by atoms with Crippen molar-refractivity contribution < 1.29 is 18.8 Å². The fraction of sp³-hybridized carbons (Fsp3) is 0.333. The maximum atomic E-state index is 12.8. The molecular weight excluding hydrogens is 344 g/mol. The van der Waals surface area contributed by atoms with E-state index < -0.39 is 0 Å². The van der Waals surface area contributed by atoms with E-state index in [1.54, 1.807) is 7.11 Å². The summed E-state index contributed by atoms with van der Waals surface area (Å²) >= 11 is 0. The molecule has 2 aromatic carbocycles. The SMILES string of the molecule is COCC(C)NC(=O)c1cc2ccccc2cc1OCc1c(C)noc1C. The standard InChI is InChI=1S/C21H24N2O4/c1-13(11-25-4)22-21(24)18-9-16-7-5-6-8-17(16)10-20(18)26-12-19-14(2)23-27-15(19)3/h5-10,13H,11-12H2,1-4H3,(H,22,24). The highest BCUT2D eigenvalue weighted by Crippen LogP contribution is 2.28. The molecule has 27 heavy (non-hydrogen) atoms. The molecule has 0 aliphatic carbocycles. The number of aryl methyl sites for hydroxylation is 2. The Labute approximate surface area is 158 Å². The van der Waals surface area contributed by atoms with Gasteiger partial charge in [0.25, 0.3) is 5.91 Å². The lowest BCUT2D eigenvalue weighted by Gasteiger charge is -2.16. The summed E-state index contributed by atoms with van der Waals surface area (Å²) in [6.45, 7) is 6.34. The smallest absolute Gasteiger partial charge is 0.255 e. The summed E-state index contributed by atoms with van der Waals surface area (Å²) in [4.78, 5) is 12.8. The van der Waals surface area contributed by atoms with Gasteiger partial charge in [-0.1, -0.05) is 29.4 Å². The van der Waals surface area contributed by atoms with E-state index in [9.17, 15) is 4.79 Å². The van der Waals surface area contributed by atoms with Gasteiger partial charge in [0, 0.05) is 13.2 Å². The third-order valence-corrected chi connectivity index (χ3v) is 4.44. The van der Waals surface area contributed by atoms with Crippen LogP contribution in [0.5, 0.6) is 5.75 Å². The van der Waals surface area contributed by atoms with Gasteiger partial charge in [-0.2, -0.15) is 0 Å². The molecule has 1 unspecified atom stereocenters. The van der Waals surface area contributed by atoms with Crippen LogP contribution in [0.4, 0.5) is 0 Å². The van der Waals surface area contributed by atoms with Crippen molar-refractivity contribution in [2.45, 2.75) is 33.4 Å². The van der Waals surface area contributed by atoms with Gasteiger partial charge in [-0.05, 0) is 43.7 Å². The molecule has 1 heterocycles. The zero-order valence-corrected chi connectivity index (χ0v) is 16.0. The summed E-state index contributed by atoms with van der Waals surface area (Å²) in [5.41, 5.74) is 2.17. The second kappa shape index (κ2) is 8.22. The van der Waals surface area contributed by atoms with Crippen molar-refractivity contribution in [1.82, 2.24) is 10.5 Å². The molecule has 3 aromatic rings. The van der Waals surface area contributed by atoms with E-state index in [0.29, 0.717) is 23.7 Å². The molecule has 0 fully saturated rings. The second-order valence-electron chi connectivity index (χ2n) is 6.62. The molecule has 1 aromatic heterocycles. The lowest BCUT2D eigenvalue weighted by atomic mass is 10.0. The van der Waals surface area contributed by atoms with Crippen LogP contribution in [0, 0.1) is 13.8 Å². The normalized spacial score (nSPS) is 12.1. The topological polar surface area (TPSA) is 73.6 Å². The number of carbonyl (C=O) groups is 1. The largest absolute Gasteiger partial charge is 0.488 e. The average molecular weight is 368 g/mol. The molecule has 6 heteroatoms. The minimum absolute atomic E-state index is 0.107. The Morgan fingerprint density at radius 2 is 1.93 bits per heavy atom. The minimum atomic E-state index is -0.195. The predicted molar refractivity (Wildman–Crippen MR) is 103 cm³/mol. The number of rotatable bonds is 7. The Hall–Kier alpha value is -2.86. The lowest BCUT2D eigenvalue weighted by Crippen LogP contribution is -2.35. The maximum absolute atomic E-state index is 12.8. The van der Waals surface area contributed by atoms with Crippen molar-refractivity contribution >= 4 is 16.7 Å². The second-order valence-corrected chi connectivity index (χ2v) is 6.62. The van der Waals surface area contributed by atoms with Crippen LogP contribution < -0.4 is 10.1 Å². The number of carbonyl (C=O) groups excluding carboxylic acids is 1. The Morgan fingerprint density at radius 3 is 2.56 bits per heavy atom. The summed E-state index contributed by atoms with van der Waals surface area (Å²) in [6.07, 6.45) is 0. The molecule has 0 bridgehead atoms. The van der Waals surface area contributed by atoms with Crippen LogP contribution in [0.15, 0.2) is 40.9 Å². The van der Waals surface area contributed by atoms with Gasteiger partial charge in [0.15, 0.2) is 0 Å². The Morgan fingerprint density at radius 1 is 1.22 bits per heavy atom. The molecule has 6 nitrogen and oxygen atoms in total. The van der Waals surface area contributed by atoms with E-state index in [4.69, 9.17) is 14.0 Å². The monoisotopic (exact) mass is 368 g/mol. The lowest BCUT2D eigenvalue weighted by molar-refractivity contribution is 0.0901. The van der Waals surface area contributed by atoms with E-state index in [2.05, 4.69) is 10.5 Å². The van der Waals surface area contributed by atoms with E-state index in [0.717, 1.165) is 22.0 Å². The molecule has 1 N–H and O–H groups in total. The molecule has 0 aliphatic heterocycles. The fourth-order valence-electron chi connectivity index (χ4n) is 2.97. The van der Waals surface area contributed by atoms with E-state index in [-0.39, 0.29) is 18.6 Å². The van der Waals surface area contributed by atoms with E-state index >= 15 is 0 Å². The van der Waals surface area contributed by atoms with Crippen LogP contribution in [0.2, 0.25) is 0 Å². The Balaban J connectivity index is 1.92. The average Bonchev–Trinajstić information content (AvgIpc) is 2.97. The molecule has 0 saturated heterocycles. The van der Waals surface area contributed by atoms with E-state index in [1.807, 2.05) is 57.2 Å². The summed E-state index contributed by atoms with van der Waals surface area (Å²) in [5.74, 6) is 1.04. The van der Waals surface area contributed by atoms with Crippen molar-refractivity contribution in [3.63, 3.8) is 0 Å². The molecular formula is C21H24N2O4. The van der Waals surface area contributed by atoms with Crippen molar-refractivity contribution in [1.29, 1.82) is 0 Å². The van der Waals surface area contributed by atoms with Crippen molar-refractivity contribution in [3.8, 4) is 5.75 Å². The summed E-state index contributed by atoms with van der Waals surface area (Å²) in [5, 5.41) is 8.88.